The van der Waals surface area contributed by atoms with Crippen molar-refractivity contribution >= 4 is 21.7 Å². The van der Waals surface area contributed by atoms with Crippen LogP contribution >= 0.6 is 0 Å². The van der Waals surface area contributed by atoms with Crippen LogP contribution in [0.4, 0.5) is 4.79 Å². The van der Waals surface area contributed by atoms with Gasteiger partial charge in [-0.15, -0.1) is 0 Å². The third-order valence-corrected chi connectivity index (χ3v) is 17.8. The monoisotopic (exact) mass is 1090 g/mol. The van der Waals surface area contributed by atoms with E-state index in [9.17, 15) is 9.59 Å². The minimum atomic E-state index is -0.397. The molecule has 0 unspecified atom stereocenters. The maximum Gasteiger partial charge on any atom is 0.317 e. The molecule has 75 heavy (non-hydrogen) atoms. The van der Waals surface area contributed by atoms with Crippen molar-refractivity contribution in [3.05, 3.63) is 0 Å². The molecule has 3 amide bonds. The second-order valence-corrected chi connectivity index (χ2v) is 24.5. The van der Waals surface area contributed by atoms with Gasteiger partial charge in [-0.05, 0) is 156 Å². The number of carbonyl (C=O) groups excluding carboxylic acids is 2. The van der Waals surface area contributed by atoms with Crippen molar-refractivity contribution in [1.29, 1.82) is 0 Å². The summed E-state index contributed by atoms with van der Waals surface area (Å²) in [7, 11) is 1.36. The zero-order valence-electron chi connectivity index (χ0n) is 50.2. The van der Waals surface area contributed by atoms with Crippen molar-refractivity contribution in [3.8, 4) is 0 Å². The lowest BCUT2D eigenvalue weighted by atomic mass is 9.61. The van der Waals surface area contributed by atoms with Gasteiger partial charge in [-0.2, -0.15) is 0 Å². The van der Waals surface area contributed by atoms with Gasteiger partial charge in [-0.3, -0.25) is 4.79 Å². The molecular weight excluding hydrogens is 965 g/mol. The smallest absolute Gasteiger partial charge is 0.317 e. The Bertz CT molecular complexity index is 1340. The number of hydrogen-bond acceptors (Lipinski definition) is 12. The summed E-state index contributed by atoms with van der Waals surface area (Å²) in [4.78, 5) is 27.8. The third kappa shape index (κ3) is 32.4. The molecule has 1 aliphatic carbocycles. The van der Waals surface area contributed by atoms with E-state index in [0.717, 1.165) is 122 Å². The van der Waals surface area contributed by atoms with E-state index < -0.39 is 9.76 Å². The van der Waals surface area contributed by atoms with Crippen LogP contribution in [0.5, 0.6) is 0 Å². The molecular formula is C59H122N6O9Si. The first-order valence-electron chi connectivity index (χ1n) is 30.8. The summed E-state index contributed by atoms with van der Waals surface area (Å²) in [5, 5.41) is 6.07. The van der Waals surface area contributed by atoms with E-state index in [1.54, 1.807) is 7.11 Å². The van der Waals surface area contributed by atoms with Gasteiger partial charge >= 0.3 is 6.03 Å². The summed E-state index contributed by atoms with van der Waals surface area (Å²) in [5.41, 5.74) is 17.9. The van der Waals surface area contributed by atoms with E-state index >= 15 is 0 Å². The molecule has 16 heteroatoms. The third-order valence-electron chi connectivity index (χ3n) is 16.6. The Labute approximate surface area is 463 Å². The molecule has 0 saturated heterocycles. The molecule has 0 aromatic heterocycles. The van der Waals surface area contributed by atoms with Gasteiger partial charge in [0.25, 0.3) is 0 Å². The first kappa shape index (κ1) is 71.6. The Hall–Kier alpha value is -1.44. The van der Waals surface area contributed by atoms with Crippen molar-refractivity contribution in [1.82, 2.24) is 15.5 Å². The van der Waals surface area contributed by atoms with Crippen LogP contribution in [0.15, 0.2) is 0 Å². The highest BCUT2D eigenvalue weighted by molar-refractivity contribution is 6.26. The van der Waals surface area contributed by atoms with Crippen molar-refractivity contribution in [2.24, 2.45) is 51.7 Å². The van der Waals surface area contributed by atoms with Gasteiger partial charge in [-0.1, -0.05) is 93.9 Å². The van der Waals surface area contributed by atoms with Gasteiger partial charge in [0.2, 0.25) is 5.91 Å². The average Bonchev–Trinajstić information content (AvgIpc) is 3.71. The van der Waals surface area contributed by atoms with Crippen LogP contribution in [0, 0.1) is 34.5 Å². The van der Waals surface area contributed by atoms with Crippen LogP contribution in [-0.4, -0.2) is 157 Å². The van der Waals surface area contributed by atoms with Crippen LogP contribution in [0.25, 0.3) is 0 Å². The van der Waals surface area contributed by atoms with Crippen molar-refractivity contribution in [3.63, 3.8) is 0 Å². The maximum atomic E-state index is 13.8. The zero-order valence-corrected chi connectivity index (χ0v) is 51.6. The Morgan fingerprint density at radius 2 is 1.25 bits per heavy atom. The predicted octanol–water partition coefficient (Wildman–Crippen LogP) is 9.54. The molecule has 0 radical (unpaired) electrons. The van der Waals surface area contributed by atoms with E-state index in [4.69, 9.17) is 50.0 Å². The molecule has 0 heterocycles. The number of rotatable bonds is 53. The highest BCUT2D eigenvalue weighted by Gasteiger charge is 2.52. The van der Waals surface area contributed by atoms with Gasteiger partial charge in [0.15, 0.2) is 9.76 Å². The quantitative estimate of drug-likeness (QED) is 0.0286. The standard InChI is InChI=1S/C59H122N6O9Si/c1-10-13-14-15-16-18-35-65(57(67)64-34-41-70-43-45-71-44-42-69-40-33-63-56(66)25-17-19-46-75-68-9)36-20-24-49(4)54-27-26-50(5)59(54,8)55(74-39-23-32-62)48-51(47-53(12-3)73-38-22-31-61)58(6,7)29-28-52(11-2)72-37-21-30-60/h49-55H,10-48,60-62,75H2,1-9H3,(H,63,66)(H,64,67)/t49-,50-,51-,52+,53-,54-,55+,59+/m1/s1. The van der Waals surface area contributed by atoms with Crippen molar-refractivity contribution in [2.75, 3.05) is 112 Å². The fourth-order valence-corrected chi connectivity index (χ4v) is 12.1. The molecule has 15 nitrogen and oxygen atoms in total. The number of amides is 3. The molecule has 0 aromatic carbocycles. The van der Waals surface area contributed by atoms with Crippen LogP contribution in [0.2, 0.25) is 6.04 Å². The van der Waals surface area contributed by atoms with E-state index in [0.29, 0.717) is 116 Å². The summed E-state index contributed by atoms with van der Waals surface area (Å²) in [6, 6.07) is 1.12. The predicted molar refractivity (Wildman–Crippen MR) is 313 cm³/mol. The van der Waals surface area contributed by atoms with Gasteiger partial charge in [0, 0.05) is 59.5 Å². The van der Waals surface area contributed by atoms with Crippen LogP contribution in [0.3, 0.4) is 0 Å². The van der Waals surface area contributed by atoms with E-state index in [1.165, 1.54) is 38.5 Å². The zero-order chi connectivity index (χ0) is 55.4. The van der Waals surface area contributed by atoms with Gasteiger partial charge in [0.1, 0.15) is 0 Å². The lowest BCUT2D eigenvalue weighted by molar-refractivity contribution is -0.121. The number of carbonyl (C=O) groups is 2. The fourth-order valence-electron chi connectivity index (χ4n) is 11.3. The largest absolute Gasteiger partial charge is 0.427 e. The summed E-state index contributed by atoms with van der Waals surface area (Å²) in [6.07, 6.45) is 23.2. The summed E-state index contributed by atoms with van der Waals surface area (Å²) < 4.78 is 42.3. The number of urea groups is 1. The summed E-state index contributed by atoms with van der Waals surface area (Å²) in [6.45, 7) is 28.4. The highest BCUT2D eigenvalue weighted by Crippen LogP contribution is 2.56. The Morgan fingerprint density at radius 3 is 1.87 bits per heavy atom. The van der Waals surface area contributed by atoms with E-state index in [1.807, 2.05) is 0 Å². The van der Waals surface area contributed by atoms with Crippen LogP contribution in [-0.2, 0) is 37.6 Å². The Balaban J connectivity index is 2.97. The minimum absolute atomic E-state index is 0.000837. The lowest BCUT2D eigenvalue weighted by Gasteiger charge is -2.48. The SMILES string of the molecule is CCCCCCCCN(CCC[C@@H](C)[C@H]1CC[C@@H](C)[C@]1(C)[C@H](C[C@@H](C[C@@H](CC)OCCCN)C(C)(C)CC[C@H](CC)OCCCN)OCCCN)C(=O)NCCOCCOCCOCCNC(=O)CCCC[SiH2]OC. The molecule has 0 aromatic rings. The lowest BCUT2D eigenvalue weighted by Crippen LogP contribution is -2.47. The van der Waals surface area contributed by atoms with Crippen LogP contribution < -0.4 is 27.8 Å². The topological polar surface area (TPSA) is 204 Å². The van der Waals surface area contributed by atoms with Gasteiger partial charge in [-0.25, -0.2) is 4.79 Å². The normalized spacial score (nSPS) is 19.1. The fraction of sp³-hybridized carbons (Fsp3) is 0.966. The van der Waals surface area contributed by atoms with E-state index in [-0.39, 0.29) is 41.1 Å². The minimum Gasteiger partial charge on any atom is -0.427 e. The van der Waals surface area contributed by atoms with Crippen molar-refractivity contribution < 1.29 is 42.4 Å². The number of nitrogens with two attached hydrogens (primary N) is 3. The number of ether oxygens (including phenoxy) is 6. The number of nitrogens with zero attached hydrogens (tertiary/aromatic N) is 1. The molecule has 446 valence electrons. The number of unbranched alkanes of at least 4 members (excludes halogenated alkanes) is 6. The van der Waals surface area contributed by atoms with Gasteiger partial charge < -0.3 is 65.6 Å². The molecule has 0 spiro atoms. The molecule has 1 fully saturated rings. The maximum absolute atomic E-state index is 13.8. The second kappa shape index (κ2) is 46.3. The van der Waals surface area contributed by atoms with Gasteiger partial charge in [0.05, 0.1) is 58.0 Å². The second-order valence-electron chi connectivity index (χ2n) is 22.8. The highest BCUT2D eigenvalue weighted by atomic mass is 28.2. The molecule has 1 aliphatic rings. The van der Waals surface area contributed by atoms with E-state index in [2.05, 4.69) is 70.9 Å². The summed E-state index contributed by atoms with van der Waals surface area (Å²) >= 11 is 0. The summed E-state index contributed by atoms with van der Waals surface area (Å²) in [5.74, 6) is 1.96. The van der Waals surface area contributed by atoms with Crippen LogP contribution in [0.1, 0.15) is 197 Å². The Kier molecular flexibility index (Phi) is 44.2. The number of nitrogens with one attached hydrogen (secondary N) is 2. The first-order valence-corrected chi connectivity index (χ1v) is 32.3. The van der Waals surface area contributed by atoms with Crippen molar-refractivity contribution in [2.45, 2.75) is 221 Å². The first-order chi connectivity index (χ1) is 36.3. The molecule has 0 bridgehead atoms. The Morgan fingerprint density at radius 1 is 0.680 bits per heavy atom. The molecule has 8 atom stereocenters. The molecule has 8 N–H and O–H groups in total. The molecule has 1 saturated carbocycles. The average molecular weight is 1090 g/mol. The molecule has 1 rings (SSSR count). The molecule has 0 aliphatic heterocycles. The number of hydrogen-bond donors (Lipinski definition) is 5.